The summed E-state index contributed by atoms with van der Waals surface area (Å²) in [6.07, 6.45) is 0.286. The van der Waals surface area contributed by atoms with Crippen molar-refractivity contribution in [3.05, 3.63) is 0 Å². The zero-order valence-electron chi connectivity index (χ0n) is 13.9. The van der Waals surface area contributed by atoms with Gasteiger partial charge in [-0.05, 0) is 0 Å². The van der Waals surface area contributed by atoms with Crippen LogP contribution in [0, 0.1) is 5.92 Å². The standard InChI is InChI=1S/C15H30N2O4/c1-11(2)15(19)13(17-12(3)4)10-16-14(18)6-7-21-9-8-20-5/h11-13,17H,6-10H2,1-5H3,(H,16,18)/t13-/m0/s1. The summed E-state index contributed by atoms with van der Waals surface area (Å²) in [5, 5.41) is 5.97. The molecular formula is C15H30N2O4. The average Bonchev–Trinajstić information content (AvgIpc) is 2.41. The van der Waals surface area contributed by atoms with Crippen LogP contribution in [0.5, 0.6) is 0 Å². The fourth-order valence-electron chi connectivity index (χ4n) is 1.76. The molecule has 21 heavy (non-hydrogen) atoms. The van der Waals surface area contributed by atoms with E-state index in [1.807, 2.05) is 27.7 Å². The van der Waals surface area contributed by atoms with E-state index in [1.165, 1.54) is 0 Å². The third-order valence-electron chi connectivity index (χ3n) is 2.86. The Bertz CT molecular complexity index is 306. The molecule has 0 saturated heterocycles. The monoisotopic (exact) mass is 302 g/mol. The van der Waals surface area contributed by atoms with E-state index < -0.39 is 0 Å². The van der Waals surface area contributed by atoms with Crippen LogP contribution in [0.4, 0.5) is 0 Å². The molecule has 0 aromatic rings. The van der Waals surface area contributed by atoms with Gasteiger partial charge in [0.1, 0.15) is 0 Å². The fourth-order valence-corrected chi connectivity index (χ4v) is 1.76. The van der Waals surface area contributed by atoms with Crippen molar-refractivity contribution in [1.29, 1.82) is 0 Å². The van der Waals surface area contributed by atoms with Gasteiger partial charge in [0.05, 0.1) is 25.9 Å². The highest BCUT2D eigenvalue weighted by Crippen LogP contribution is 2.01. The highest BCUT2D eigenvalue weighted by atomic mass is 16.5. The van der Waals surface area contributed by atoms with Gasteiger partial charge >= 0.3 is 0 Å². The second-order valence-corrected chi connectivity index (χ2v) is 5.59. The molecule has 0 bridgehead atoms. The minimum Gasteiger partial charge on any atom is -0.382 e. The quantitative estimate of drug-likeness (QED) is 0.520. The smallest absolute Gasteiger partial charge is 0.222 e. The van der Waals surface area contributed by atoms with Crippen LogP contribution >= 0.6 is 0 Å². The second kappa shape index (κ2) is 11.7. The highest BCUT2D eigenvalue weighted by Gasteiger charge is 2.22. The number of nitrogens with one attached hydrogen (secondary N) is 2. The molecule has 0 unspecified atom stereocenters. The highest BCUT2D eigenvalue weighted by molar-refractivity contribution is 5.86. The molecule has 6 nitrogen and oxygen atoms in total. The number of amides is 1. The van der Waals surface area contributed by atoms with Crippen molar-refractivity contribution in [2.45, 2.75) is 46.2 Å². The van der Waals surface area contributed by atoms with Crippen LogP contribution in [0.1, 0.15) is 34.1 Å². The van der Waals surface area contributed by atoms with Gasteiger partial charge in [0, 0.05) is 32.0 Å². The molecule has 0 spiro atoms. The molecule has 0 aliphatic heterocycles. The Kier molecular flexibility index (Phi) is 11.1. The van der Waals surface area contributed by atoms with Gasteiger partial charge in [0.15, 0.2) is 5.78 Å². The molecule has 0 aromatic heterocycles. The van der Waals surface area contributed by atoms with E-state index in [1.54, 1.807) is 7.11 Å². The van der Waals surface area contributed by atoms with Crippen LogP contribution in [-0.2, 0) is 19.1 Å². The lowest BCUT2D eigenvalue weighted by Crippen LogP contribution is -2.50. The first kappa shape index (κ1) is 20.0. The number of Topliss-reactive ketones (excluding diaryl/α,β-unsaturated/α-hetero) is 1. The van der Waals surface area contributed by atoms with Crippen molar-refractivity contribution in [1.82, 2.24) is 10.6 Å². The normalized spacial score (nSPS) is 12.7. The zero-order valence-corrected chi connectivity index (χ0v) is 13.9. The summed E-state index contributed by atoms with van der Waals surface area (Å²) in [7, 11) is 1.60. The lowest BCUT2D eigenvalue weighted by Gasteiger charge is -2.22. The van der Waals surface area contributed by atoms with E-state index in [-0.39, 0.29) is 36.1 Å². The second-order valence-electron chi connectivity index (χ2n) is 5.59. The topological polar surface area (TPSA) is 76.7 Å². The molecule has 0 rings (SSSR count). The summed E-state index contributed by atoms with van der Waals surface area (Å²) in [5.74, 6) is -0.0598. The Hall–Kier alpha value is -0.980. The molecular weight excluding hydrogens is 272 g/mol. The molecule has 124 valence electrons. The fraction of sp³-hybridized carbons (Fsp3) is 0.867. The van der Waals surface area contributed by atoms with Crippen molar-refractivity contribution in [3.8, 4) is 0 Å². The van der Waals surface area contributed by atoms with Crippen molar-refractivity contribution >= 4 is 11.7 Å². The largest absolute Gasteiger partial charge is 0.382 e. The third kappa shape index (κ3) is 10.4. The van der Waals surface area contributed by atoms with Gasteiger partial charge in [-0.15, -0.1) is 0 Å². The number of ketones is 1. The maximum Gasteiger partial charge on any atom is 0.222 e. The van der Waals surface area contributed by atoms with Crippen molar-refractivity contribution in [2.24, 2.45) is 5.92 Å². The molecule has 2 N–H and O–H groups in total. The molecule has 1 atom stereocenters. The Balaban J connectivity index is 4.05. The summed E-state index contributed by atoms with van der Waals surface area (Å²) >= 11 is 0. The Morgan fingerprint density at radius 3 is 2.24 bits per heavy atom. The number of methoxy groups -OCH3 is 1. The SMILES string of the molecule is COCCOCCC(=O)NC[C@H](NC(C)C)C(=O)C(C)C. The zero-order chi connectivity index (χ0) is 16.3. The van der Waals surface area contributed by atoms with Crippen LogP contribution < -0.4 is 10.6 Å². The van der Waals surface area contributed by atoms with Crippen molar-refractivity contribution in [3.63, 3.8) is 0 Å². The number of ether oxygens (including phenoxy) is 2. The van der Waals surface area contributed by atoms with Gasteiger partial charge < -0.3 is 20.1 Å². The van der Waals surface area contributed by atoms with Gasteiger partial charge in [0.25, 0.3) is 0 Å². The number of carbonyl (C=O) groups is 2. The third-order valence-corrected chi connectivity index (χ3v) is 2.86. The average molecular weight is 302 g/mol. The molecule has 0 radical (unpaired) electrons. The lowest BCUT2D eigenvalue weighted by molar-refractivity contribution is -0.125. The number of hydrogen-bond acceptors (Lipinski definition) is 5. The van der Waals surface area contributed by atoms with Crippen LogP contribution in [0.25, 0.3) is 0 Å². The molecule has 0 saturated carbocycles. The predicted molar refractivity (Wildman–Crippen MR) is 82.2 cm³/mol. The van der Waals surface area contributed by atoms with Gasteiger partial charge in [0.2, 0.25) is 5.91 Å². The van der Waals surface area contributed by atoms with Crippen LogP contribution in [0.2, 0.25) is 0 Å². The van der Waals surface area contributed by atoms with Crippen molar-refractivity contribution < 1.29 is 19.1 Å². The summed E-state index contributed by atoms with van der Waals surface area (Å²) in [6.45, 7) is 9.35. The molecule has 0 aliphatic carbocycles. The number of hydrogen-bond donors (Lipinski definition) is 2. The molecule has 6 heteroatoms. The van der Waals surface area contributed by atoms with E-state index in [0.717, 1.165) is 0 Å². The molecule has 1 amide bonds. The lowest BCUT2D eigenvalue weighted by atomic mass is 10.0. The van der Waals surface area contributed by atoms with Gasteiger partial charge in [-0.1, -0.05) is 27.7 Å². The first-order valence-electron chi connectivity index (χ1n) is 7.51. The Morgan fingerprint density at radius 2 is 1.71 bits per heavy atom. The summed E-state index contributed by atoms with van der Waals surface area (Å²) in [5.41, 5.74) is 0. The van der Waals surface area contributed by atoms with E-state index in [9.17, 15) is 9.59 Å². The maximum atomic E-state index is 12.1. The molecule has 0 heterocycles. The maximum absolute atomic E-state index is 12.1. The summed E-state index contributed by atoms with van der Waals surface area (Å²) < 4.78 is 10.1. The number of rotatable bonds is 12. The summed E-state index contributed by atoms with van der Waals surface area (Å²) in [4.78, 5) is 23.8. The summed E-state index contributed by atoms with van der Waals surface area (Å²) in [6, 6.07) is -0.157. The first-order chi connectivity index (χ1) is 9.88. The van der Waals surface area contributed by atoms with Gasteiger partial charge in [-0.2, -0.15) is 0 Å². The van der Waals surface area contributed by atoms with Crippen molar-refractivity contribution in [2.75, 3.05) is 33.5 Å². The Morgan fingerprint density at radius 1 is 1.05 bits per heavy atom. The van der Waals surface area contributed by atoms with E-state index >= 15 is 0 Å². The minimum atomic E-state index is -0.344. The minimum absolute atomic E-state index is 0.0597. The number of carbonyl (C=O) groups excluding carboxylic acids is 2. The van der Waals surface area contributed by atoms with E-state index in [2.05, 4.69) is 10.6 Å². The van der Waals surface area contributed by atoms with Crippen LogP contribution in [0.15, 0.2) is 0 Å². The predicted octanol–water partition coefficient (Wildman–Crippen LogP) is 0.747. The first-order valence-corrected chi connectivity index (χ1v) is 7.51. The Labute approximate surface area is 127 Å². The van der Waals surface area contributed by atoms with Gasteiger partial charge in [-0.3, -0.25) is 9.59 Å². The van der Waals surface area contributed by atoms with E-state index in [4.69, 9.17) is 9.47 Å². The van der Waals surface area contributed by atoms with E-state index in [0.29, 0.717) is 26.4 Å². The molecule has 0 fully saturated rings. The molecule has 0 aliphatic rings. The van der Waals surface area contributed by atoms with Gasteiger partial charge in [-0.25, -0.2) is 0 Å². The van der Waals surface area contributed by atoms with Crippen LogP contribution in [-0.4, -0.2) is 57.2 Å². The van der Waals surface area contributed by atoms with Crippen LogP contribution in [0.3, 0.4) is 0 Å². The molecule has 0 aromatic carbocycles.